The van der Waals surface area contributed by atoms with Crippen LogP contribution in [0.3, 0.4) is 0 Å². The molecule has 158 valence electrons. The molecule has 0 saturated carbocycles. The van der Waals surface area contributed by atoms with E-state index in [1.54, 1.807) is 11.8 Å². The van der Waals surface area contributed by atoms with Gasteiger partial charge in [-0.1, -0.05) is 48.5 Å². The van der Waals surface area contributed by atoms with Gasteiger partial charge in [0.1, 0.15) is 0 Å². The molecular formula is C18H23ClN4O3S3. The van der Waals surface area contributed by atoms with E-state index >= 15 is 0 Å². The van der Waals surface area contributed by atoms with Gasteiger partial charge in [-0.05, 0) is 43.4 Å². The summed E-state index contributed by atoms with van der Waals surface area (Å²) >= 11 is 9.03. The lowest BCUT2D eigenvalue weighted by atomic mass is 10.0. The Balaban J connectivity index is 1.77. The van der Waals surface area contributed by atoms with Gasteiger partial charge in [-0.3, -0.25) is 10.1 Å². The lowest BCUT2D eigenvalue weighted by molar-refractivity contribution is 0.102. The summed E-state index contributed by atoms with van der Waals surface area (Å²) in [6.45, 7) is 5.16. The predicted octanol–water partition coefficient (Wildman–Crippen LogP) is 4.37. The zero-order chi connectivity index (χ0) is 21.0. The van der Waals surface area contributed by atoms with Crippen molar-refractivity contribution in [2.24, 2.45) is 5.92 Å². The van der Waals surface area contributed by atoms with E-state index in [-0.39, 0.29) is 15.5 Å². The second-order valence-corrected chi connectivity index (χ2v) is 11.6. The third kappa shape index (κ3) is 5.49. The number of carbonyl (C=O) groups excluding carboxylic acids is 1. The highest BCUT2D eigenvalue weighted by Crippen LogP contribution is 2.29. The van der Waals surface area contributed by atoms with Gasteiger partial charge in [0.15, 0.2) is 4.34 Å². The predicted molar refractivity (Wildman–Crippen MR) is 117 cm³/mol. The number of carbonyl (C=O) groups is 1. The largest absolute Gasteiger partial charge is 0.296 e. The van der Waals surface area contributed by atoms with E-state index in [9.17, 15) is 13.2 Å². The van der Waals surface area contributed by atoms with Gasteiger partial charge in [0.05, 0.1) is 15.5 Å². The van der Waals surface area contributed by atoms with Crippen molar-refractivity contribution < 1.29 is 13.2 Å². The van der Waals surface area contributed by atoms with Crippen molar-refractivity contribution in [2.75, 3.05) is 24.2 Å². The summed E-state index contributed by atoms with van der Waals surface area (Å²) in [5.41, 5.74) is 0.0936. The van der Waals surface area contributed by atoms with Crippen LogP contribution < -0.4 is 5.32 Å². The number of halogens is 1. The fourth-order valence-electron chi connectivity index (χ4n) is 2.89. The van der Waals surface area contributed by atoms with Crippen molar-refractivity contribution in [3.05, 3.63) is 28.8 Å². The quantitative estimate of drug-likeness (QED) is 0.473. The molecule has 1 aliphatic rings. The van der Waals surface area contributed by atoms with E-state index in [0.29, 0.717) is 24.1 Å². The van der Waals surface area contributed by atoms with Crippen LogP contribution in [0.1, 0.15) is 43.5 Å². The molecule has 1 aromatic carbocycles. The van der Waals surface area contributed by atoms with Crippen molar-refractivity contribution >= 4 is 55.8 Å². The van der Waals surface area contributed by atoms with Crippen LogP contribution in [0.15, 0.2) is 27.4 Å². The number of aromatic nitrogens is 2. The molecule has 1 aliphatic heterocycles. The minimum absolute atomic E-state index is 0.0676. The maximum atomic E-state index is 13.0. The fraction of sp³-hybridized carbons (Fsp3) is 0.500. The van der Waals surface area contributed by atoms with Crippen LogP contribution in [-0.2, 0) is 10.0 Å². The maximum Gasteiger partial charge on any atom is 0.259 e. The number of benzene rings is 1. The Morgan fingerprint density at radius 3 is 2.76 bits per heavy atom. The SMILES string of the molecule is CCCSc1nnc(NC(=O)c2cc(S(=O)(=O)N3CCC(C)CC3)ccc2Cl)s1. The van der Waals surface area contributed by atoms with E-state index in [1.807, 2.05) is 0 Å². The first-order valence-corrected chi connectivity index (χ1v) is 13.0. The number of rotatable bonds is 7. The van der Waals surface area contributed by atoms with Crippen molar-refractivity contribution in [3.63, 3.8) is 0 Å². The summed E-state index contributed by atoms with van der Waals surface area (Å²) in [6, 6.07) is 4.22. The number of thioether (sulfide) groups is 1. The molecule has 1 N–H and O–H groups in total. The normalized spacial score (nSPS) is 16.1. The molecule has 3 rings (SSSR count). The van der Waals surface area contributed by atoms with Crippen LogP contribution in [0, 0.1) is 5.92 Å². The maximum absolute atomic E-state index is 13.0. The Morgan fingerprint density at radius 2 is 2.07 bits per heavy atom. The summed E-state index contributed by atoms with van der Waals surface area (Å²) in [5, 5.41) is 11.2. The molecule has 1 aromatic heterocycles. The third-order valence-corrected chi connectivity index (χ3v) is 9.02. The Kier molecular flexibility index (Phi) is 7.55. The summed E-state index contributed by atoms with van der Waals surface area (Å²) in [6.07, 6.45) is 2.67. The zero-order valence-corrected chi connectivity index (χ0v) is 19.4. The van der Waals surface area contributed by atoms with Crippen molar-refractivity contribution in [2.45, 2.75) is 42.3 Å². The topological polar surface area (TPSA) is 92.3 Å². The van der Waals surface area contributed by atoms with E-state index in [1.165, 1.54) is 33.8 Å². The van der Waals surface area contributed by atoms with Gasteiger partial charge in [0.2, 0.25) is 15.2 Å². The summed E-state index contributed by atoms with van der Waals surface area (Å²) in [7, 11) is -3.67. The minimum atomic E-state index is -3.67. The van der Waals surface area contributed by atoms with E-state index in [4.69, 9.17) is 11.6 Å². The van der Waals surface area contributed by atoms with Gasteiger partial charge in [-0.15, -0.1) is 10.2 Å². The zero-order valence-electron chi connectivity index (χ0n) is 16.2. The summed E-state index contributed by atoms with van der Waals surface area (Å²) in [4.78, 5) is 12.8. The molecule has 1 amide bonds. The van der Waals surface area contributed by atoms with Crippen molar-refractivity contribution in [1.82, 2.24) is 14.5 Å². The highest BCUT2D eigenvalue weighted by Gasteiger charge is 2.29. The van der Waals surface area contributed by atoms with E-state index in [2.05, 4.69) is 29.4 Å². The monoisotopic (exact) mass is 474 g/mol. The molecule has 1 fully saturated rings. The Hall–Kier alpha value is -1.20. The Bertz CT molecular complexity index is 972. The second kappa shape index (κ2) is 9.74. The molecule has 11 heteroatoms. The van der Waals surface area contributed by atoms with Crippen LogP contribution in [0.25, 0.3) is 0 Å². The van der Waals surface area contributed by atoms with Gasteiger partial charge < -0.3 is 0 Å². The van der Waals surface area contributed by atoms with Crippen LogP contribution in [0.5, 0.6) is 0 Å². The lowest BCUT2D eigenvalue weighted by Gasteiger charge is -2.29. The van der Waals surface area contributed by atoms with Gasteiger partial charge in [-0.25, -0.2) is 8.42 Å². The van der Waals surface area contributed by atoms with Crippen LogP contribution in [0.2, 0.25) is 5.02 Å². The highest BCUT2D eigenvalue weighted by molar-refractivity contribution is 8.01. The van der Waals surface area contributed by atoms with Gasteiger partial charge >= 0.3 is 0 Å². The molecule has 7 nitrogen and oxygen atoms in total. The number of anilines is 1. The first-order valence-electron chi connectivity index (χ1n) is 9.38. The molecule has 0 atom stereocenters. The van der Waals surface area contributed by atoms with E-state index < -0.39 is 15.9 Å². The lowest BCUT2D eigenvalue weighted by Crippen LogP contribution is -2.37. The first kappa shape index (κ1) is 22.5. The summed E-state index contributed by atoms with van der Waals surface area (Å²) in [5.74, 6) is 0.923. The highest BCUT2D eigenvalue weighted by atomic mass is 35.5. The summed E-state index contributed by atoms with van der Waals surface area (Å²) < 4.78 is 28.2. The van der Waals surface area contributed by atoms with Gasteiger partial charge in [0.25, 0.3) is 5.91 Å². The number of sulfonamides is 1. The molecule has 1 saturated heterocycles. The Morgan fingerprint density at radius 1 is 1.34 bits per heavy atom. The Labute approximate surface area is 184 Å². The molecule has 0 spiro atoms. The molecule has 0 bridgehead atoms. The van der Waals surface area contributed by atoms with Crippen LogP contribution >= 0.6 is 34.7 Å². The molecular weight excluding hydrogens is 452 g/mol. The molecule has 0 unspecified atom stereocenters. The fourth-order valence-corrected chi connectivity index (χ4v) is 6.26. The second-order valence-electron chi connectivity index (χ2n) is 6.90. The van der Waals surface area contributed by atoms with E-state index in [0.717, 1.165) is 29.4 Å². The molecule has 2 heterocycles. The van der Waals surface area contributed by atoms with Crippen molar-refractivity contribution in [3.8, 4) is 0 Å². The van der Waals surface area contributed by atoms with Crippen LogP contribution in [-0.4, -0.2) is 47.7 Å². The number of amides is 1. The molecule has 29 heavy (non-hydrogen) atoms. The van der Waals surface area contributed by atoms with Crippen LogP contribution in [0.4, 0.5) is 5.13 Å². The van der Waals surface area contributed by atoms with Crippen molar-refractivity contribution in [1.29, 1.82) is 0 Å². The third-order valence-electron chi connectivity index (χ3n) is 4.62. The smallest absolute Gasteiger partial charge is 0.259 e. The minimum Gasteiger partial charge on any atom is -0.296 e. The number of nitrogens with one attached hydrogen (secondary N) is 1. The standard InChI is InChI=1S/C18H23ClN4O3S3/c1-3-10-27-18-22-21-17(28-18)20-16(24)14-11-13(4-5-15(14)19)29(25,26)23-8-6-12(2)7-9-23/h4-5,11-12H,3,6-10H2,1-2H3,(H,20,21,24). The molecule has 2 aromatic rings. The number of nitrogens with zero attached hydrogens (tertiary/aromatic N) is 3. The average Bonchev–Trinajstić information content (AvgIpc) is 3.14. The first-order chi connectivity index (χ1) is 13.8. The molecule has 0 aliphatic carbocycles. The molecule has 0 radical (unpaired) electrons. The van der Waals surface area contributed by atoms with Gasteiger partial charge in [0, 0.05) is 18.8 Å². The van der Waals surface area contributed by atoms with Gasteiger partial charge in [-0.2, -0.15) is 4.31 Å². The number of piperidine rings is 1. The number of hydrogen-bond acceptors (Lipinski definition) is 7. The average molecular weight is 475 g/mol. The number of hydrogen-bond donors (Lipinski definition) is 1.